The van der Waals surface area contributed by atoms with Crippen molar-refractivity contribution in [2.24, 2.45) is 0 Å². The van der Waals surface area contributed by atoms with Crippen LogP contribution in [0.25, 0.3) is 34.2 Å². The SMILES string of the molecule is CC#N.CC#N.[Cl-].[O-]c1ccccc1-c1ncc[nH]1.[Ru+2].c1ccc(-c2ccccn2)nc1.c1ccc(-c2ccccn2)nc1. The van der Waals surface area contributed by atoms with Gasteiger partial charge in [-0.1, -0.05) is 54.3 Å². The maximum Gasteiger partial charge on any atom is 2.00 e. The monoisotopic (exact) mass is 690 g/mol. The van der Waals surface area contributed by atoms with Crippen molar-refractivity contribution < 1.29 is 37.0 Å². The van der Waals surface area contributed by atoms with Crippen LogP contribution in [0.4, 0.5) is 0 Å². The molecule has 0 fully saturated rings. The van der Waals surface area contributed by atoms with Gasteiger partial charge in [-0.2, -0.15) is 10.5 Å². The second-order valence-corrected chi connectivity index (χ2v) is 7.74. The summed E-state index contributed by atoms with van der Waals surface area (Å²) in [4.78, 5) is 23.6. The standard InChI is InChI=1S/2C10H8N2.C9H8N2O.2C2H3N.ClH.Ru/c2*1-3-7-11-9(5-1)10-6-2-4-8-12-10;12-8-4-2-1-3-7(8)9-10-5-6-11-9;2*1-2-3;;/h2*1-8H;1-6,12H,(H,10,11);2*1H3;1H;/q;;;;;;+2/p-2. The zero-order valence-corrected chi connectivity index (χ0v) is 26.5. The minimum absolute atomic E-state index is 0. The molecule has 1 N–H and O–H groups in total. The molecule has 6 aromatic rings. The van der Waals surface area contributed by atoms with Gasteiger partial charge in [-0.05, 0) is 48.5 Å². The molecule has 0 aliphatic rings. The molecule has 0 amide bonds. The number of hydrogen-bond acceptors (Lipinski definition) is 8. The summed E-state index contributed by atoms with van der Waals surface area (Å²) in [6.07, 6.45) is 10.4. The fourth-order valence-corrected chi connectivity index (χ4v) is 3.13. The summed E-state index contributed by atoms with van der Waals surface area (Å²) < 4.78 is 0. The van der Waals surface area contributed by atoms with Gasteiger partial charge in [-0.15, -0.1) is 0 Å². The van der Waals surface area contributed by atoms with E-state index in [-0.39, 0.29) is 37.6 Å². The first-order valence-corrected chi connectivity index (χ1v) is 12.7. The number of nitrogens with one attached hydrogen (secondary N) is 1. The fraction of sp³-hybridized carbons (Fsp3) is 0.0606. The topological polar surface area (TPSA) is 151 Å². The number of halogens is 1. The van der Waals surface area contributed by atoms with Gasteiger partial charge >= 0.3 is 19.5 Å². The maximum absolute atomic E-state index is 11.3. The van der Waals surface area contributed by atoms with E-state index < -0.39 is 0 Å². The molecule has 5 aromatic heterocycles. The van der Waals surface area contributed by atoms with Crippen LogP contribution in [0.3, 0.4) is 0 Å². The number of aromatic nitrogens is 6. The van der Waals surface area contributed by atoms with Crippen LogP contribution in [0.15, 0.2) is 134 Å². The Hall–Kier alpha value is -5.28. The van der Waals surface area contributed by atoms with Crippen LogP contribution in [-0.2, 0) is 19.5 Å². The van der Waals surface area contributed by atoms with Crippen molar-refractivity contribution in [3.63, 3.8) is 0 Å². The molecule has 0 spiro atoms. The Morgan fingerprint density at radius 3 is 1.16 bits per heavy atom. The predicted octanol–water partition coefficient (Wildman–Crippen LogP) is 3.50. The average Bonchev–Trinajstić information content (AvgIpc) is 3.60. The summed E-state index contributed by atoms with van der Waals surface area (Å²) in [5.74, 6) is 0.619. The van der Waals surface area contributed by atoms with Crippen LogP contribution in [0.5, 0.6) is 5.75 Å². The van der Waals surface area contributed by atoms with Crippen LogP contribution < -0.4 is 17.5 Å². The van der Waals surface area contributed by atoms with Crippen LogP contribution in [-0.4, -0.2) is 29.9 Å². The predicted molar refractivity (Wildman–Crippen MR) is 161 cm³/mol. The molecular formula is C33H29ClN8ORu. The number of nitriles is 2. The summed E-state index contributed by atoms with van der Waals surface area (Å²) in [6, 6.07) is 33.5. The third kappa shape index (κ3) is 14.6. The quantitative estimate of drug-likeness (QED) is 0.278. The number of pyridine rings is 4. The fourth-order valence-electron chi connectivity index (χ4n) is 3.13. The van der Waals surface area contributed by atoms with Gasteiger partial charge in [-0.3, -0.25) is 19.9 Å². The van der Waals surface area contributed by atoms with Gasteiger partial charge in [0.05, 0.1) is 34.9 Å². The van der Waals surface area contributed by atoms with E-state index in [0.717, 1.165) is 22.8 Å². The number of benzene rings is 1. The summed E-state index contributed by atoms with van der Waals surface area (Å²) >= 11 is 0. The molecule has 9 nitrogen and oxygen atoms in total. The van der Waals surface area contributed by atoms with Gasteiger partial charge in [0.25, 0.3) is 0 Å². The van der Waals surface area contributed by atoms with Gasteiger partial charge in [-0.25, -0.2) is 4.98 Å². The zero-order valence-electron chi connectivity index (χ0n) is 24.0. The van der Waals surface area contributed by atoms with Crippen molar-refractivity contribution in [2.75, 3.05) is 0 Å². The summed E-state index contributed by atoms with van der Waals surface area (Å²) in [5, 5.41) is 25.9. The first-order chi connectivity index (χ1) is 20.6. The van der Waals surface area contributed by atoms with Crippen molar-refractivity contribution in [3.8, 4) is 52.1 Å². The Morgan fingerprint density at radius 1 is 0.545 bits per heavy atom. The molecule has 5 heterocycles. The molecule has 1 aromatic carbocycles. The molecule has 44 heavy (non-hydrogen) atoms. The van der Waals surface area contributed by atoms with Gasteiger partial charge < -0.3 is 22.5 Å². The number of aromatic amines is 1. The number of imidazole rings is 1. The number of nitrogens with zero attached hydrogens (tertiary/aromatic N) is 7. The minimum atomic E-state index is -0.00699. The number of H-pyrrole nitrogens is 1. The molecule has 0 unspecified atom stereocenters. The van der Waals surface area contributed by atoms with Gasteiger partial charge in [0.15, 0.2) is 0 Å². The number of hydrogen-bond donors (Lipinski definition) is 1. The first-order valence-electron chi connectivity index (χ1n) is 12.7. The average molecular weight is 690 g/mol. The molecule has 0 aliphatic carbocycles. The van der Waals surface area contributed by atoms with E-state index in [4.69, 9.17) is 10.5 Å². The van der Waals surface area contributed by atoms with Crippen LogP contribution in [0.2, 0.25) is 0 Å². The Balaban J connectivity index is 0.000000566. The summed E-state index contributed by atoms with van der Waals surface area (Å²) in [6.45, 7) is 2.86. The Kier molecular flexibility index (Phi) is 21.4. The van der Waals surface area contributed by atoms with E-state index >= 15 is 0 Å². The van der Waals surface area contributed by atoms with Crippen molar-refractivity contribution in [1.82, 2.24) is 29.9 Å². The molecule has 0 atom stereocenters. The summed E-state index contributed by atoms with van der Waals surface area (Å²) in [5.41, 5.74) is 4.27. The molecule has 222 valence electrons. The largest absolute Gasteiger partial charge is 2.00 e. The van der Waals surface area contributed by atoms with Crippen molar-refractivity contribution >= 4 is 0 Å². The van der Waals surface area contributed by atoms with E-state index in [0.29, 0.717) is 11.4 Å². The van der Waals surface area contributed by atoms with Crippen molar-refractivity contribution in [3.05, 3.63) is 134 Å². The van der Waals surface area contributed by atoms with Crippen LogP contribution in [0, 0.1) is 22.7 Å². The first kappa shape index (κ1) is 38.7. The number of para-hydroxylation sites is 1. The van der Waals surface area contributed by atoms with Gasteiger partial charge in [0.2, 0.25) is 0 Å². The molecule has 0 saturated carbocycles. The van der Waals surface area contributed by atoms with Crippen LogP contribution >= 0.6 is 0 Å². The molecule has 0 bridgehead atoms. The second-order valence-electron chi connectivity index (χ2n) is 7.74. The van der Waals surface area contributed by atoms with E-state index in [9.17, 15) is 5.11 Å². The Morgan fingerprint density at radius 2 is 0.886 bits per heavy atom. The molecule has 11 heteroatoms. The van der Waals surface area contributed by atoms with Gasteiger partial charge in [0, 0.05) is 56.6 Å². The zero-order chi connectivity index (χ0) is 30.3. The molecule has 0 radical (unpaired) electrons. The van der Waals surface area contributed by atoms with E-state index in [1.165, 1.54) is 19.9 Å². The molecule has 0 aliphatic heterocycles. The normalized spacial score (nSPS) is 8.36. The number of rotatable bonds is 3. The van der Waals surface area contributed by atoms with Crippen LogP contribution in [0.1, 0.15) is 13.8 Å². The third-order valence-corrected chi connectivity index (χ3v) is 4.82. The van der Waals surface area contributed by atoms with E-state index in [2.05, 4.69) is 29.9 Å². The summed E-state index contributed by atoms with van der Waals surface area (Å²) in [7, 11) is 0. The molecule has 0 saturated heterocycles. The Labute approximate surface area is 276 Å². The maximum atomic E-state index is 11.3. The second kappa shape index (κ2) is 24.3. The molecule has 6 rings (SSSR count). The van der Waals surface area contributed by atoms with E-state index in [1.54, 1.807) is 61.5 Å². The van der Waals surface area contributed by atoms with Crippen molar-refractivity contribution in [1.29, 1.82) is 10.5 Å². The molecular weight excluding hydrogens is 661 g/mol. The van der Waals surface area contributed by atoms with E-state index in [1.807, 2.05) is 78.9 Å². The van der Waals surface area contributed by atoms with Crippen molar-refractivity contribution in [2.45, 2.75) is 13.8 Å². The minimum Gasteiger partial charge on any atom is -1.00 e. The van der Waals surface area contributed by atoms with Gasteiger partial charge in [0.1, 0.15) is 5.82 Å². The Bertz CT molecular complexity index is 1450. The smallest absolute Gasteiger partial charge is 1.00 e. The third-order valence-electron chi connectivity index (χ3n) is 4.82.